The Bertz CT molecular complexity index is 987. The third-order valence-electron chi connectivity index (χ3n) is 5.06. The Kier molecular flexibility index (Phi) is 3.89. The molecule has 140 valence electrons. The van der Waals surface area contributed by atoms with Crippen LogP contribution in [0.2, 0.25) is 0 Å². The summed E-state index contributed by atoms with van der Waals surface area (Å²) in [6, 6.07) is -0.303. The van der Waals surface area contributed by atoms with Crippen LogP contribution >= 0.6 is 0 Å². The molecule has 5 rings (SSSR count). The zero-order valence-electron chi connectivity index (χ0n) is 14.9. The molecule has 0 radical (unpaired) electrons. The number of alkyl halides is 1. The molecule has 8 nitrogen and oxygen atoms in total. The van der Waals surface area contributed by atoms with Gasteiger partial charge in [-0.05, 0) is 12.8 Å². The maximum Gasteiger partial charge on any atom is 0.164 e. The van der Waals surface area contributed by atoms with Crippen LogP contribution in [-0.4, -0.2) is 57.0 Å². The predicted molar refractivity (Wildman–Crippen MR) is 97.7 cm³/mol. The largest absolute Gasteiger partial charge is 0.493 e. The van der Waals surface area contributed by atoms with Gasteiger partial charge in [-0.2, -0.15) is 5.10 Å². The Hall–Kier alpha value is -2.81. The number of rotatable bonds is 5. The molecule has 3 aromatic heterocycles. The summed E-state index contributed by atoms with van der Waals surface area (Å²) < 4.78 is 21.0. The molecule has 0 unspecified atom stereocenters. The van der Waals surface area contributed by atoms with Crippen molar-refractivity contribution in [3.8, 4) is 17.0 Å². The first-order chi connectivity index (χ1) is 13.2. The molecule has 1 saturated heterocycles. The van der Waals surface area contributed by atoms with E-state index in [1.54, 1.807) is 30.2 Å². The van der Waals surface area contributed by atoms with Crippen molar-refractivity contribution in [2.75, 3.05) is 25.5 Å². The number of methoxy groups -OCH3 is 1. The first-order valence-electron chi connectivity index (χ1n) is 9.09. The van der Waals surface area contributed by atoms with Crippen molar-refractivity contribution < 1.29 is 9.13 Å². The lowest BCUT2D eigenvalue weighted by Crippen LogP contribution is -2.29. The van der Waals surface area contributed by atoms with E-state index in [9.17, 15) is 4.39 Å². The minimum absolute atomic E-state index is 0.303. The molecular weight excluding hydrogens is 349 g/mol. The summed E-state index contributed by atoms with van der Waals surface area (Å²) in [5.74, 6) is 1.74. The zero-order chi connectivity index (χ0) is 18.4. The number of aromatic nitrogens is 5. The van der Waals surface area contributed by atoms with Gasteiger partial charge < -0.3 is 15.4 Å². The van der Waals surface area contributed by atoms with Crippen molar-refractivity contribution in [2.45, 2.75) is 31.0 Å². The Morgan fingerprint density at radius 1 is 1.22 bits per heavy atom. The fourth-order valence-corrected chi connectivity index (χ4v) is 3.44. The summed E-state index contributed by atoms with van der Waals surface area (Å²) in [6.45, 7) is 0.921. The number of fused-ring (bicyclic) bond motifs is 1. The van der Waals surface area contributed by atoms with Crippen molar-refractivity contribution in [3.63, 3.8) is 0 Å². The summed E-state index contributed by atoms with van der Waals surface area (Å²) in [5, 5.41) is 10.5. The molecule has 9 heteroatoms. The van der Waals surface area contributed by atoms with Gasteiger partial charge in [0.2, 0.25) is 0 Å². The second-order valence-corrected chi connectivity index (χ2v) is 7.01. The molecule has 1 aliphatic carbocycles. The Morgan fingerprint density at radius 2 is 2.11 bits per heavy atom. The molecule has 2 aliphatic rings. The van der Waals surface area contributed by atoms with Gasteiger partial charge in [-0.25, -0.2) is 18.9 Å². The van der Waals surface area contributed by atoms with E-state index in [-0.39, 0.29) is 6.04 Å². The fourth-order valence-electron chi connectivity index (χ4n) is 3.44. The van der Waals surface area contributed by atoms with Crippen LogP contribution in [0.15, 0.2) is 24.8 Å². The zero-order valence-corrected chi connectivity index (χ0v) is 14.9. The predicted octanol–water partition coefficient (Wildman–Crippen LogP) is 1.79. The van der Waals surface area contributed by atoms with E-state index < -0.39 is 6.17 Å². The van der Waals surface area contributed by atoms with Crippen molar-refractivity contribution in [3.05, 3.63) is 30.5 Å². The molecule has 2 N–H and O–H groups in total. The monoisotopic (exact) mass is 369 g/mol. The molecule has 0 spiro atoms. The average Bonchev–Trinajstić information content (AvgIpc) is 3.34. The van der Waals surface area contributed by atoms with E-state index in [0.29, 0.717) is 30.5 Å². The molecule has 0 aromatic carbocycles. The van der Waals surface area contributed by atoms with Gasteiger partial charge in [0.1, 0.15) is 12.0 Å². The Balaban J connectivity index is 1.51. The number of halogens is 1. The number of hydrogen-bond donors (Lipinski definition) is 2. The molecule has 0 bridgehead atoms. The van der Waals surface area contributed by atoms with Crippen LogP contribution in [0.1, 0.15) is 24.5 Å². The van der Waals surface area contributed by atoms with E-state index in [1.807, 2.05) is 6.20 Å². The summed E-state index contributed by atoms with van der Waals surface area (Å²) in [7, 11) is 1.65. The van der Waals surface area contributed by atoms with E-state index in [4.69, 9.17) is 9.72 Å². The molecule has 2 fully saturated rings. The SMILES string of the molecule is COc1cn2ncc(-c3cncc(N[C@H]4CNC[C@@H]4F)n3)c2nc1C1CC1. The first-order valence-corrected chi connectivity index (χ1v) is 9.09. The van der Waals surface area contributed by atoms with E-state index in [2.05, 4.69) is 25.7 Å². The molecular formula is C18H20FN7O. The fraction of sp³-hybridized carbons (Fsp3) is 0.444. The van der Waals surface area contributed by atoms with Gasteiger partial charge in [-0.3, -0.25) is 4.98 Å². The van der Waals surface area contributed by atoms with Crippen LogP contribution in [0, 0.1) is 0 Å². The highest BCUT2D eigenvalue weighted by molar-refractivity contribution is 5.75. The van der Waals surface area contributed by atoms with Gasteiger partial charge in [-0.1, -0.05) is 0 Å². The lowest BCUT2D eigenvalue weighted by atomic mass is 10.2. The maximum absolute atomic E-state index is 13.8. The number of ether oxygens (including phenoxy) is 1. The van der Waals surface area contributed by atoms with Crippen LogP contribution in [0.5, 0.6) is 5.75 Å². The van der Waals surface area contributed by atoms with Crippen LogP contribution in [0.3, 0.4) is 0 Å². The Morgan fingerprint density at radius 3 is 2.85 bits per heavy atom. The molecule has 3 aromatic rings. The van der Waals surface area contributed by atoms with Crippen molar-refractivity contribution >= 4 is 11.5 Å². The summed E-state index contributed by atoms with van der Waals surface area (Å²) in [4.78, 5) is 13.7. The molecule has 1 saturated carbocycles. The van der Waals surface area contributed by atoms with E-state index >= 15 is 0 Å². The second kappa shape index (κ2) is 6.41. The highest BCUT2D eigenvalue weighted by Crippen LogP contribution is 2.43. The van der Waals surface area contributed by atoms with Crippen LogP contribution in [-0.2, 0) is 0 Å². The van der Waals surface area contributed by atoms with Crippen LogP contribution in [0.4, 0.5) is 10.2 Å². The number of nitrogens with zero attached hydrogens (tertiary/aromatic N) is 5. The normalized spacial score (nSPS) is 22.3. The van der Waals surface area contributed by atoms with Gasteiger partial charge in [0, 0.05) is 19.0 Å². The highest BCUT2D eigenvalue weighted by atomic mass is 19.1. The number of nitrogens with one attached hydrogen (secondary N) is 2. The molecule has 2 atom stereocenters. The van der Waals surface area contributed by atoms with Gasteiger partial charge in [0.05, 0.1) is 54.9 Å². The van der Waals surface area contributed by atoms with Crippen molar-refractivity contribution in [2.24, 2.45) is 0 Å². The topological polar surface area (TPSA) is 89.3 Å². The molecule has 1 aliphatic heterocycles. The third kappa shape index (κ3) is 2.97. The van der Waals surface area contributed by atoms with Gasteiger partial charge in [0.25, 0.3) is 0 Å². The summed E-state index contributed by atoms with van der Waals surface area (Å²) in [5.41, 5.74) is 3.12. The molecule has 27 heavy (non-hydrogen) atoms. The number of anilines is 1. The quantitative estimate of drug-likeness (QED) is 0.709. The minimum atomic E-state index is -0.942. The van der Waals surface area contributed by atoms with Gasteiger partial charge in [-0.15, -0.1) is 0 Å². The minimum Gasteiger partial charge on any atom is -0.493 e. The lowest BCUT2D eigenvalue weighted by Gasteiger charge is -2.14. The third-order valence-corrected chi connectivity index (χ3v) is 5.06. The molecule has 0 amide bonds. The van der Waals surface area contributed by atoms with Crippen LogP contribution < -0.4 is 15.4 Å². The maximum atomic E-state index is 13.8. The second-order valence-electron chi connectivity index (χ2n) is 7.01. The molecule has 4 heterocycles. The van der Waals surface area contributed by atoms with Gasteiger partial charge >= 0.3 is 0 Å². The van der Waals surface area contributed by atoms with Crippen molar-refractivity contribution in [1.82, 2.24) is 29.9 Å². The lowest BCUT2D eigenvalue weighted by molar-refractivity contribution is 0.342. The Labute approximate surface area is 155 Å². The van der Waals surface area contributed by atoms with E-state index in [0.717, 1.165) is 35.5 Å². The smallest absolute Gasteiger partial charge is 0.164 e. The number of hydrogen-bond acceptors (Lipinski definition) is 7. The summed E-state index contributed by atoms with van der Waals surface area (Å²) >= 11 is 0. The average molecular weight is 369 g/mol. The van der Waals surface area contributed by atoms with Gasteiger partial charge in [0.15, 0.2) is 11.4 Å². The van der Waals surface area contributed by atoms with Crippen LogP contribution in [0.25, 0.3) is 16.9 Å². The highest BCUT2D eigenvalue weighted by Gasteiger charge is 2.30. The summed E-state index contributed by atoms with van der Waals surface area (Å²) in [6.07, 6.45) is 8.16. The van der Waals surface area contributed by atoms with E-state index in [1.165, 1.54) is 0 Å². The standard InChI is InChI=1S/C18H20FN7O/c1-27-15-9-26-18(25-17(15)10-2-3-10)11(4-22-26)13-6-21-8-16(23-13)24-14-7-20-5-12(14)19/h4,6,8-10,12,14,20H,2-3,5,7H2,1H3,(H,23,24)/t12-,14-/m0/s1. The first kappa shape index (κ1) is 16.4. The van der Waals surface area contributed by atoms with Crippen molar-refractivity contribution in [1.29, 1.82) is 0 Å².